The quantitative estimate of drug-likeness (QED) is 0.481. The molecular formula is C10H8BrNOS. The van der Waals surface area contributed by atoms with Crippen molar-refractivity contribution in [3.05, 3.63) is 35.4 Å². The summed E-state index contributed by atoms with van der Waals surface area (Å²) in [6.07, 6.45) is 0. The summed E-state index contributed by atoms with van der Waals surface area (Å²) in [6, 6.07) is 7.29. The fraction of sp³-hybridized carbons (Fsp3) is 0.200. The van der Waals surface area contributed by atoms with Crippen LogP contribution in [0.15, 0.2) is 24.3 Å². The first-order valence-corrected chi connectivity index (χ1v) is 5.74. The number of alkyl halides is 1. The number of carbonyl (C=O) groups is 1. The zero-order chi connectivity index (χ0) is 10.6. The maximum Gasteiger partial charge on any atom is 0.187 e. The van der Waals surface area contributed by atoms with Gasteiger partial charge in [0.15, 0.2) is 5.78 Å². The number of rotatable bonds is 3. The molecule has 0 fully saturated rings. The van der Waals surface area contributed by atoms with Crippen LogP contribution in [0.5, 0.6) is 0 Å². The minimum absolute atomic E-state index is 0.0726. The van der Waals surface area contributed by atoms with Crippen LogP contribution in [0, 0.1) is 17.6 Å². The number of hydrogen-bond donors (Lipinski definition) is 0. The monoisotopic (exact) mass is 269 g/mol. The molecule has 14 heavy (non-hydrogen) atoms. The summed E-state index contributed by atoms with van der Waals surface area (Å²) in [5, 5.41) is 10.3. The number of thioether (sulfide) groups is 1. The molecule has 0 aromatic heterocycles. The molecule has 0 saturated carbocycles. The van der Waals surface area contributed by atoms with Crippen LogP contribution in [0.3, 0.4) is 0 Å². The molecule has 0 aliphatic carbocycles. The molecule has 72 valence electrons. The molecule has 1 atom stereocenters. The van der Waals surface area contributed by atoms with Gasteiger partial charge in [-0.15, -0.1) is 0 Å². The van der Waals surface area contributed by atoms with Crippen molar-refractivity contribution in [3.63, 3.8) is 0 Å². The molecule has 0 aliphatic heterocycles. The molecule has 0 bridgehead atoms. The second kappa shape index (κ2) is 5.18. The highest BCUT2D eigenvalue weighted by Gasteiger charge is 2.16. The van der Waals surface area contributed by atoms with Gasteiger partial charge in [-0.2, -0.15) is 5.26 Å². The van der Waals surface area contributed by atoms with Crippen LogP contribution in [0.4, 0.5) is 0 Å². The van der Waals surface area contributed by atoms with E-state index < -0.39 is 4.16 Å². The Morgan fingerprint density at radius 1 is 1.50 bits per heavy atom. The van der Waals surface area contributed by atoms with Crippen molar-refractivity contribution in [3.8, 4) is 5.40 Å². The Morgan fingerprint density at radius 3 is 2.57 bits per heavy atom. The van der Waals surface area contributed by atoms with Crippen molar-refractivity contribution in [2.24, 2.45) is 0 Å². The van der Waals surface area contributed by atoms with Crippen molar-refractivity contribution in [1.29, 1.82) is 5.26 Å². The van der Waals surface area contributed by atoms with E-state index in [4.69, 9.17) is 5.26 Å². The summed E-state index contributed by atoms with van der Waals surface area (Å²) in [5.74, 6) is -0.0726. The third-order valence-corrected chi connectivity index (χ3v) is 3.20. The number of nitrogens with zero attached hydrogens (tertiary/aromatic N) is 1. The van der Waals surface area contributed by atoms with Gasteiger partial charge in [-0.25, -0.2) is 0 Å². The van der Waals surface area contributed by atoms with Crippen molar-refractivity contribution < 1.29 is 4.79 Å². The van der Waals surface area contributed by atoms with Crippen LogP contribution in [0.25, 0.3) is 0 Å². The lowest BCUT2D eigenvalue weighted by atomic mass is 10.1. The van der Waals surface area contributed by atoms with Crippen LogP contribution in [-0.2, 0) is 0 Å². The van der Waals surface area contributed by atoms with Crippen molar-refractivity contribution in [2.75, 3.05) is 0 Å². The summed E-state index contributed by atoms with van der Waals surface area (Å²) in [4.78, 5) is 11.6. The summed E-state index contributed by atoms with van der Waals surface area (Å²) in [6.45, 7) is 1.96. The molecule has 0 aliphatic rings. The SMILES string of the molecule is Cc1ccc(C(=O)C(Br)SC#N)cc1. The number of ketones is 1. The first-order valence-electron chi connectivity index (χ1n) is 3.95. The highest BCUT2D eigenvalue weighted by molar-refractivity contribution is 9.11. The maximum atomic E-state index is 11.6. The second-order valence-corrected chi connectivity index (χ2v) is 5.17. The molecule has 1 aromatic rings. The van der Waals surface area contributed by atoms with Gasteiger partial charge in [0.05, 0.1) is 0 Å². The van der Waals surface area contributed by atoms with Crippen molar-refractivity contribution in [1.82, 2.24) is 0 Å². The number of benzene rings is 1. The van der Waals surface area contributed by atoms with Gasteiger partial charge in [-0.3, -0.25) is 4.79 Å². The first kappa shape index (κ1) is 11.3. The number of nitriles is 1. The predicted octanol–water partition coefficient (Wildman–Crippen LogP) is 3.11. The molecule has 2 nitrogen and oxygen atoms in total. The Hall–Kier alpha value is -0.790. The molecule has 1 aromatic carbocycles. The zero-order valence-electron chi connectivity index (χ0n) is 7.53. The van der Waals surface area contributed by atoms with Gasteiger partial charge in [-0.05, 0) is 18.7 Å². The number of carbonyl (C=O) groups excluding carboxylic acids is 1. The molecule has 0 radical (unpaired) electrons. The standard InChI is InChI=1S/C10H8BrNOS/c1-7-2-4-8(5-3-7)9(13)10(11)14-6-12/h2-5,10H,1H3. The van der Waals surface area contributed by atoms with E-state index in [0.29, 0.717) is 5.56 Å². The van der Waals surface area contributed by atoms with E-state index >= 15 is 0 Å². The molecule has 1 unspecified atom stereocenters. The van der Waals surface area contributed by atoms with Crippen LogP contribution in [-0.4, -0.2) is 9.94 Å². The fourth-order valence-corrected chi connectivity index (χ4v) is 1.80. The smallest absolute Gasteiger partial charge is 0.187 e. The van der Waals surface area contributed by atoms with E-state index in [-0.39, 0.29) is 5.78 Å². The molecule has 0 heterocycles. The third-order valence-electron chi connectivity index (χ3n) is 1.70. The maximum absolute atomic E-state index is 11.6. The topological polar surface area (TPSA) is 40.9 Å². The van der Waals surface area contributed by atoms with Gasteiger partial charge in [0.25, 0.3) is 0 Å². The van der Waals surface area contributed by atoms with Gasteiger partial charge in [-0.1, -0.05) is 45.8 Å². The minimum atomic E-state index is -0.477. The highest BCUT2D eigenvalue weighted by Crippen LogP contribution is 2.21. The highest BCUT2D eigenvalue weighted by atomic mass is 79.9. The Labute approximate surface area is 95.4 Å². The molecule has 0 saturated heterocycles. The number of aryl methyl sites for hydroxylation is 1. The van der Waals surface area contributed by atoms with Crippen LogP contribution < -0.4 is 0 Å². The normalized spacial score (nSPS) is 11.8. The number of Topliss-reactive ketones (excluding diaryl/α,β-unsaturated/α-hetero) is 1. The van der Waals surface area contributed by atoms with E-state index in [2.05, 4.69) is 15.9 Å². The summed E-state index contributed by atoms with van der Waals surface area (Å²) in [5.41, 5.74) is 1.74. The molecule has 1 rings (SSSR count). The Kier molecular flexibility index (Phi) is 4.18. The molecule has 4 heteroatoms. The van der Waals surface area contributed by atoms with Crippen molar-refractivity contribution >= 4 is 33.5 Å². The number of hydrogen-bond acceptors (Lipinski definition) is 3. The van der Waals surface area contributed by atoms with Crippen molar-refractivity contribution in [2.45, 2.75) is 11.1 Å². The van der Waals surface area contributed by atoms with Crippen LogP contribution in [0.2, 0.25) is 0 Å². The predicted molar refractivity (Wildman–Crippen MR) is 61.4 cm³/mol. The number of thiocyanates is 1. The van der Waals surface area contributed by atoms with Gasteiger partial charge < -0.3 is 0 Å². The van der Waals surface area contributed by atoms with E-state index in [0.717, 1.165) is 17.3 Å². The molecule has 0 N–H and O–H groups in total. The largest absolute Gasteiger partial charge is 0.292 e. The summed E-state index contributed by atoms with van der Waals surface area (Å²) >= 11 is 4.06. The lowest BCUT2D eigenvalue weighted by molar-refractivity contribution is 0.101. The average molecular weight is 270 g/mol. The average Bonchev–Trinajstić information content (AvgIpc) is 2.18. The van der Waals surface area contributed by atoms with Gasteiger partial charge >= 0.3 is 0 Å². The Bertz CT molecular complexity index is 369. The molecule has 0 amide bonds. The fourth-order valence-electron chi connectivity index (χ4n) is 0.949. The van der Waals surface area contributed by atoms with Gasteiger partial charge in [0, 0.05) is 5.56 Å². The first-order chi connectivity index (χ1) is 6.65. The minimum Gasteiger partial charge on any atom is -0.292 e. The number of halogens is 1. The summed E-state index contributed by atoms with van der Waals surface area (Å²) in [7, 11) is 0. The Morgan fingerprint density at radius 2 is 2.07 bits per heavy atom. The van der Waals surface area contributed by atoms with E-state index in [1.54, 1.807) is 12.1 Å². The molecular weight excluding hydrogens is 262 g/mol. The summed E-state index contributed by atoms with van der Waals surface area (Å²) < 4.78 is -0.477. The third kappa shape index (κ3) is 2.86. The van der Waals surface area contributed by atoms with Gasteiger partial charge in [0.2, 0.25) is 0 Å². The van der Waals surface area contributed by atoms with E-state index in [1.165, 1.54) is 0 Å². The second-order valence-electron chi connectivity index (χ2n) is 2.76. The lowest BCUT2D eigenvalue weighted by Crippen LogP contribution is -2.09. The van der Waals surface area contributed by atoms with Gasteiger partial charge in [0.1, 0.15) is 9.56 Å². The van der Waals surface area contributed by atoms with Crippen LogP contribution in [0.1, 0.15) is 15.9 Å². The Balaban J connectivity index is 2.80. The van der Waals surface area contributed by atoms with Crippen LogP contribution >= 0.6 is 27.7 Å². The van der Waals surface area contributed by atoms with E-state index in [1.807, 2.05) is 24.5 Å². The lowest BCUT2D eigenvalue weighted by Gasteiger charge is -2.03. The zero-order valence-corrected chi connectivity index (χ0v) is 9.93. The molecule has 0 spiro atoms. The van der Waals surface area contributed by atoms with E-state index in [9.17, 15) is 4.79 Å².